The molecular formula is C27H35N5O2S. The van der Waals surface area contributed by atoms with Crippen LogP contribution in [0.2, 0.25) is 0 Å². The van der Waals surface area contributed by atoms with Crippen LogP contribution < -0.4 is 10.9 Å². The number of carbonyl (C=O) groups excluding carboxylic acids is 1. The number of aryl methyl sites for hydroxylation is 1. The van der Waals surface area contributed by atoms with Gasteiger partial charge < -0.3 is 19.8 Å². The van der Waals surface area contributed by atoms with E-state index in [4.69, 9.17) is 4.98 Å². The van der Waals surface area contributed by atoms with Gasteiger partial charge in [-0.1, -0.05) is 0 Å². The summed E-state index contributed by atoms with van der Waals surface area (Å²) < 4.78 is 2.27. The highest BCUT2D eigenvalue weighted by Gasteiger charge is 2.34. The molecule has 0 aromatic carbocycles. The van der Waals surface area contributed by atoms with Crippen molar-refractivity contribution >= 4 is 28.7 Å². The Hall–Kier alpha value is -2.58. The highest BCUT2D eigenvalue weighted by atomic mass is 32.2. The van der Waals surface area contributed by atoms with E-state index in [1.807, 2.05) is 38.3 Å². The molecule has 0 bridgehead atoms. The van der Waals surface area contributed by atoms with Crippen molar-refractivity contribution in [1.82, 2.24) is 24.8 Å². The number of aromatic nitrogens is 3. The van der Waals surface area contributed by atoms with Crippen molar-refractivity contribution in [3.8, 4) is 0 Å². The molecule has 186 valence electrons. The number of H-pyrrole nitrogens is 1. The van der Waals surface area contributed by atoms with Gasteiger partial charge in [0.2, 0.25) is 0 Å². The normalized spacial score (nSPS) is 18.2. The molecule has 2 aliphatic rings. The van der Waals surface area contributed by atoms with Gasteiger partial charge in [0.05, 0.1) is 5.56 Å². The van der Waals surface area contributed by atoms with Crippen molar-refractivity contribution in [3.05, 3.63) is 57.3 Å². The molecule has 1 aliphatic carbocycles. The Morgan fingerprint density at radius 3 is 2.69 bits per heavy atom. The average molecular weight is 494 g/mol. The van der Waals surface area contributed by atoms with Crippen LogP contribution in [-0.2, 0) is 6.54 Å². The lowest BCUT2D eigenvalue weighted by molar-refractivity contribution is 0.0950. The van der Waals surface area contributed by atoms with Crippen molar-refractivity contribution in [2.75, 3.05) is 19.3 Å². The maximum Gasteiger partial charge on any atom is 0.254 e. The maximum atomic E-state index is 13.5. The number of hydrogen-bond donors (Lipinski definition) is 2. The zero-order valence-corrected chi connectivity index (χ0v) is 21.9. The van der Waals surface area contributed by atoms with Crippen LogP contribution in [0.1, 0.15) is 66.0 Å². The third-order valence-corrected chi connectivity index (χ3v) is 8.64. The fourth-order valence-electron chi connectivity index (χ4n) is 5.75. The van der Waals surface area contributed by atoms with Crippen molar-refractivity contribution in [2.45, 2.75) is 70.0 Å². The highest BCUT2D eigenvalue weighted by Crippen LogP contribution is 2.37. The number of hydrogen-bond acceptors (Lipinski definition) is 5. The predicted molar refractivity (Wildman–Crippen MR) is 141 cm³/mol. The molecule has 1 amide bonds. The molecule has 3 aromatic rings. The van der Waals surface area contributed by atoms with Crippen molar-refractivity contribution in [1.29, 1.82) is 0 Å². The molecule has 2 fully saturated rings. The number of thioether (sulfide) groups is 1. The Morgan fingerprint density at radius 2 is 2.00 bits per heavy atom. The van der Waals surface area contributed by atoms with Crippen molar-refractivity contribution < 1.29 is 4.79 Å². The van der Waals surface area contributed by atoms with Gasteiger partial charge in [-0.2, -0.15) is 0 Å². The van der Waals surface area contributed by atoms with Crippen molar-refractivity contribution in [2.24, 2.45) is 5.92 Å². The first kappa shape index (κ1) is 24.1. The minimum atomic E-state index is -0.165. The summed E-state index contributed by atoms with van der Waals surface area (Å²) in [4.78, 5) is 37.1. The molecule has 5 rings (SSSR count). The van der Waals surface area contributed by atoms with Gasteiger partial charge in [-0.25, -0.2) is 4.98 Å². The fourth-order valence-corrected chi connectivity index (χ4v) is 6.46. The summed E-state index contributed by atoms with van der Waals surface area (Å²) in [6.07, 6.45) is 8.82. The molecule has 4 heterocycles. The van der Waals surface area contributed by atoms with E-state index in [9.17, 15) is 9.59 Å². The number of carbonyl (C=O) groups is 1. The summed E-state index contributed by atoms with van der Waals surface area (Å²) in [5, 5.41) is 3.89. The van der Waals surface area contributed by atoms with Crippen LogP contribution in [0.5, 0.6) is 0 Å². The molecule has 0 spiro atoms. The summed E-state index contributed by atoms with van der Waals surface area (Å²) in [6, 6.07) is 6.90. The zero-order valence-electron chi connectivity index (χ0n) is 21.1. The van der Waals surface area contributed by atoms with Crippen LogP contribution in [-0.4, -0.2) is 50.7 Å². The van der Waals surface area contributed by atoms with E-state index in [2.05, 4.69) is 26.7 Å². The van der Waals surface area contributed by atoms with Crippen LogP contribution in [0.25, 0.3) is 11.0 Å². The summed E-state index contributed by atoms with van der Waals surface area (Å²) in [5.41, 5.74) is 3.72. The van der Waals surface area contributed by atoms with Gasteiger partial charge >= 0.3 is 0 Å². The number of aromatic amines is 1. The van der Waals surface area contributed by atoms with Gasteiger partial charge in [-0.3, -0.25) is 9.59 Å². The Morgan fingerprint density at radius 1 is 1.26 bits per heavy atom. The van der Waals surface area contributed by atoms with E-state index in [1.54, 1.807) is 6.20 Å². The summed E-state index contributed by atoms with van der Waals surface area (Å²) in [6.45, 7) is 8.69. The molecular weight excluding hydrogens is 458 g/mol. The van der Waals surface area contributed by atoms with Gasteiger partial charge in [0.15, 0.2) is 0 Å². The Kier molecular flexibility index (Phi) is 6.77. The van der Waals surface area contributed by atoms with E-state index in [-0.39, 0.29) is 24.1 Å². The number of rotatable bonds is 7. The zero-order chi connectivity index (χ0) is 24.7. The third kappa shape index (κ3) is 4.66. The molecule has 0 radical (unpaired) electrons. The highest BCUT2D eigenvalue weighted by molar-refractivity contribution is 7.98. The number of fused-ring (bicyclic) bond motifs is 1. The number of pyridine rings is 2. The minimum Gasteiger partial charge on any atom is -0.348 e. The lowest BCUT2D eigenvalue weighted by Crippen LogP contribution is -2.37. The minimum absolute atomic E-state index is 0.151. The van der Waals surface area contributed by atoms with Gasteiger partial charge in [0, 0.05) is 52.1 Å². The second-order valence-corrected chi connectivity index (χ2v) is 10.9. The van der Waals surface area contributed by atoms with Crippen LogP contribution in [0.15, 0.2) is 34.1 Å². The van der Waals surface area contributed by atoms with Crippen molar-refractivity contribution in [3.63, 3.8) is 0 Å². The van der Waals surface area contributed by atoms with Gasteiger partial charge in [0.25, 0.3) is 11.5 Å². The predicted octanol–water partition coefficient (Wildman–Crippen LogP) is 4.43. The van der Waals surface area contributed by atoms with E-state index >= 15 is 0 Å². The van der Waals surface area contributed by atoms with Gasteiger partial charge in [0.1, 0.15) is 5.65 Å². The monoisotopic (exact) mass is 493 g/mol. The lowest BCUT2D eigenvalue weighted by Gasteiger charge is -2.36. The number of piperidine rings is 1. The maximum absolute atomic E-state index is 13.5. The smallest absolute Gasteiger partial charge is 0.254 e. The molecule has 2 N–H and O–H groups in total. The quantitative estimate of drug-likeness (QED) is 0.476. The molecule has 35 heavy (non-hydrogen) atoms. The second-order valence-electron chi connectivity index (χ2n) is 10.1. The first-order chi connectivity index (χ1) is 16.9. The topological polar surface area (TPSA) is 83.0 Å². The summed E-state index contributed by atoms with van der Waals surface area (Å²) >= 11 is 1.52. The van der Waals surface area contributed by atoms with E-state index in [1.165, 1.54) is 50.5 Å². The number of likely N-dealkylation sites (tertiary alicyclic amines) is 1. The first-order valence-electron chi connectivity index (χ1n) is 12.6. The Bertz CT molecular complexity index is 1300. The van der Waals surface area contributed by atoms with E-state index in [0.717, 1.165) is 33.4 Å². The molecule has 1 saturated carbocycles. The van der Waals surface area contributed by atoms with Crippen LogP contribution in [0.3, 0.4) is 0 Å². The molecule has 3 aromatic heterocycles. The van der Waals surface area contributed by atoms with Crippen LogP contribution in [0.4, 0.5) is 0 Å². The molecule has 0 unspecified atom stereocenters. The average Bonchev–Trinajstić information content (AvgIpc) is 3.65. The second kappa shape index (κ2) is 9.82. The molecule has 8 heteroatoms. The molecule has 7 nitrogen and oxygen atoms in total. The summed E-state index contributed by atoms with van der Waals surface area (Å²) in [7, 11) is 0. The number of nitrogens with zero attached hydrogens (tertiary/aromatic N) is 3. The van der Waals surface area contributed by atoms with E-state index in [0.29, 0.717) is 17.0 Å². The standard InChI is InChI=1S/C27H35N5O2S/c1-16-14-23(35-4)22(26(33)30-16)15-29-27(34)24-18(3)32(25-21(24)6-5-11-28-25)17(2)19-9-12-31(13-10-19)20-7-8-20/h5-6,11,14,17,19-20H,7-10,12-13,15H2,1-4H3,(H,29,34)(H,30,33)/t17-/m1/s1. The Labute approximate surface area is 210 Å². The molecule has 1 aliphatic heterocycles. The first-order valence-corrected chi connectivity index (χ1v) is 13.9. The lowest BCUT2D eigenvalue weighted by atomic mass is 9.90. The third-order valence-electron chi connectivity index (χ3n) is 7.84. The van der Waals surface area contributed by atoms with Gasteiger partial charge in [-0.05, 0) is 89.9 Å². The van der Waals surface area contributed by atoms with Gasteiger partial charge in [-0.15, -0.1) is 11.8 Å². The SMILES string of the molecule is CSc1cc(C)[nH]c(=O)c1CNC(=O)c1c(C)n([C@H](C)C2CCN(C3CC3)CC2)c2ncccc12. The fraction of sp³-hybridized carbons (Fsp3) is 0.519. The molecule has 1 atom stereocenters. The van der Waals surface area contributed by atoms with Crippen LogP contribution >= 0.6 is 11.8 Å². The molecule has 1 saturated heterocycles. The Balaban J connectivity index is 1.41. The summed E-state index contributed by atoms with van der Waals surface area (Å²) in [5.74, 6) is 0.398. The number of nitrogens with one attached hydrogen (secondary N) is 2. The van der Waals surface area contributed by atoms with E-state index < -0.39 is 0 Å². The largest absolute Gasteiger partial charge is 0.348 e. The van der Waals surface area contributed by atoms with Crippen LogP contribution in [0, 0.1) is 19.8 Å². The number of amides is 1.